The molecular formula is C10H20N2O5S. The minimum atomic E-state index is -3.36. The first-order valence-corrected chi connectivity index (χ1v) is 7.52. The number of amides is 1. The zero-order valence-electron chi connectivity index (χ0n) is 10.5. The molecule has 7 nitrogen and oxygen atoms in total. The van der Waals surface area contributed by atoms with Crippen LogP contribution in [0.15, 0.2) is 0 Å². The van der Waals surface area contributed by atoms with Gasteiger partial charge in [-0.2, -0.15) is 0 Å². The van der Waals surface area contributed by atoms with Gasteiger partial charge in [0.25, 0.3) is 0 Å². The van der Waals surface area contributed by atoms with Crippen LogP contribution in [0.1, 0.15) is 19.8 Å². The molecule has 0 aromatic carbocycles. The highest BCUT2D eigenvalue weighted by molar-refractivity contribution is 7.91. The summed E-state index contributed by atoms with van der Waals surface area (Å²) in [5.74, 6) is -2.09. The largest absolute Gasteiger partial charge is 0.480 e. The van der Waals surface area contributed by atoms with Crippen molar-refractivity contribution in [3.8, 4) is 0 Å². The van der Waals surface area contributed by atoms with E-state index >= 15 is 0 Å². The molecule has 0 radical (unpaired) electrons. The highest BCUT2D eigenvalue weighted by Gasteiger charge is 2.16. The van der Waals surface area contributed by atoms with Crippen molar-refractivity contribution >= 4 is 21.7 Å². The van der Waals surface area contributed by atoms with E-state index in [1.807, 2.05) is 6.92 Å². The molecule has 8 heteroatoms. The van der Waals surface area contributed by atoms with Gasteiger partial charge in [0.05, 0.1) is 18.1 Å². The predicted molar refractivity (Wildman–Crippen MR) is 66.8 cm³/mol. The zero-order chi connectivity index (χ0) is 14.2. The smallest absolute Gasteiger partial charge is 0.317 e. The van der Waals surface area contributed by atoms with Crippen molar-refractivity contribution in [3.05, 3.63) is 0 Å². The van der Waals surface area contributed by atoms with E-state index in [9.17, 15) is 18.0 Å². The van der Waals surface area contributed by atoms with Crippen molar-refractivity contribution in [3.63, 3.8) is 0 Å². The number of hydrogen-bond acceptors (Lipinski definition) is 5. The first-order valence-electron chi connectivity index (χ1n) is 5.69. The van der Waals surface area contributed by atoms with E-state index in [1.165, 1.54) is 0 Å². The van der Waals surface area contributed by atoms with E-state index in [4.69, 9.17) is 10.8 Å². The van der Waals surface area contributed by atoms with Crippen LogP contribution in [-0.2, 0) is 19.4 Å². The van der Waals surface area contributed by atoms with Crippen molar-refractivity contribution < 1.29 is 23.1 Å². The monoisotopic (exact) mass is 280 g/mol. The Morgan fingerprint density at radius 3 is 2.28 bits per heavy atom. The molecule has 0 fully saturated rings. The predicted octanol–water partition coefficient (Wildman–Crippen LogP) is -0.927. The fraction of sp³-hybridized carbons (Fsp3) is 0.800. The zero-order valence-corrected chi connectivity index (χ0v) is 11.3. The van der Waals surface area contributed by atoms with Crippen LogP contribution in [0.2, 0.25) is 0 Å². The van der Waals surface area contributed by atoms with E-state index in [0.29, 0.717) is 6.54 Å². The van der Waals surface area contributed by atoms with E-state index in [2.05, 4.69) is 0 Å². The Morgan fingerprint density at radius 2 is 1.83 bits per heavy atom. The first-order chi connectivity index (χ1) is 8.26. The van der Waals surface area contributed by atoms with E-state index in [1.54, 1.807) is 4.90 Å². The average Bonchev–Trinajstić information content (AvgIpc) is 2.23. The van der Waals surface area contributed by atoms with Crippen molar-refractivity contribution in [2.24, 2.45) is 5.73 Å². The number of primary amides is 1. The fourth-order valence-corrected chi connectivity index (χ4v) is 2.66. The number of nitrogens with two attached hydrogens (primary N) is 1. The molecule has 18 heavy (non-hydrogen) atoms. The normalized spacial score (nSPS) is 11.7. The lowest BCUT2D eigenvalue weighted by atomic mass is 10.4. The Hall–Kier alpha value is -1.15. The lowest BCUT2D eigenvalue weighted by Gasteiger charge is -2.18. The molecule has 0 atom stereocenters. The fourth-order valence-electron chi connectivity index (χ4n) is 1.40. The van der Waals surface area contributed by atoms with Gasteiger partial charge in [-0.25, -0.2) is 8.42 Å². The van der Waals surface area contributed by atoms with Crippen molar-refractivity contribution in [1.82, 2.24) is 4.90 Å². The van der Waals surface area contributed by atoms with E-state index in [0.717, 1.165) is 6.42 Å². The lowest BCUT2D eigenvalue weighted by Crippen LogP contribution is -2.35. The van der Waals surface area contributed by atoms with Crippen LogP contribution in [-0.4, -0.2) is 61.4 Å². The number of carbonyl (C=O) groups excluding carboxylic acids is 1. The summed E-state index contributed by atoms with van der Waals surface area (Å²) < 4.78 is 23.1. The average molecular weight is 280 g/mol. The highest BCUT2D eigenvalue weighted by atomic mass is 32.2. The molecular weight excluding hydrogens is 260 g/mol. The molecule has 106 valence electrons. The summed E-state index contributed by atoms with van der Waals surface area (Å²) in [5, 5.41) is 8.66. The van der Waals surface area contributed by atoms with Crippen molar-refractivity contribution in [1.29, 1.82) is 0 Å². The summed E-state index contributed by atoms with van der Waals surface area (Å²) >= 11 is 0. The third-order valence-corrected chi connectivity index (χ3v) is 3.91. The van der Waals surface area contributed by atoms with Crippen molar-refractivity contribution in [2.75, 3.05) is 31.1 Å². The lowest BCUT2D eigenvalue weighted by molar-refractivity contribution is -0.138. The minimum Gasteiger partial charge on any atom is -0.480 e. The minimum absolute atomic E-state index is 0.154. The molecule has 0 unspecified atom stereocenters. The summed E-state index contributed by atoms with van der Waals surface area (Å²) in [6.07, 6.45) is 0.545. The third kappa shape index (κ3) is 8.94. The van der Waals surface area contributed by atoms with Gasteiger partial charge in [0, 0.05) is 13.0 Å². The SMILES string of the molecule is CCCN(CCS(=O)(=O)CCC(N)=O)CC(=O)O. The standard InChI is InChI=1S/C10H20N2O5S/c1-2-4-12(8-10(14)15)5-7-18(16,17)6-3-9(11)13/h2-8H2,1H3,(H2,11,13)(H,14,15). The maximum atomic E-state index is 11.5. The van der Waals surface area contributed by atoms with Gasteiger partial charge in [0.15, 0.2) is 9.84 Å². The maximum absolute atomic E-state index is 11.5. The van der Waals surface area contributed by atoms with E-state index in [-0.39, 0.29) is 31.0 Å². The van der Waals surface area contributed by atoms with E-state index < -0.39 is 21.7 Å². The summed E-state index contributed by atoms with van der Waals surface area (Å²) in [6, 6.07) is 0. The molecule has 0 rings (SSSR count). The van der Waals surface area contributed by atoms with Crippen molar-refractivity contribution in [2.45, 2.75) is 19.8 Å². The highest BCUT2D eigenvalue weighted by Crippen LogP contribution is 1.98. The Morgan fingerprint density at radius 1 is 1.22 bits per heavy atom. The first kappa shape index (κ1) is 16.9. The molecule has 3 N–H and O–H groups in total. The van der Waals surface area contributed by atoms with Crippen LogP contribution in [0.25, 0.3) is 0 Å². The van der Waals surface area contributed by atoms with Crippen LogP contribution >= 0.6 is 0 Å². The van der Waals surface area contributed by atoms with Crippen LogP contribution < -0.4 is 5.73 Å². The maximum Gasteiger partial charge on any atom is 0.317 e. The topological polar surface area (TPSA) is 118 Å². The number of aliphatic carboxylic acids is 1. The number of hydrogen-bond donors (Lipinski definition) is 2. The second-order valence-corrected chi connectivity index (χ2v) is 6.34. The van der Waals surface area contributed by atoms with Crippen LogP contribution in [0.4, 0.5) is 0 Å². The quantitative estimate of drug-likeness (QED) is 0.534. The molecule has 0 aliphatic heterocycles. The molecule has 0 heterocycles. The molecule has 0 saturated carbocycles. The Bertz CT molecular complexity index is 380. The molecule has 0 aromatic rings. The van der Waals surface area contributed by atoms with Gasteiger partial charge in [-0.3, -0.25) is 14.5 Å². The van der Waals surface area contributed by atoms with Gasteiger partial charge >= 0.3 is 5.97 Å². The number of carbonyl (C=O) groups is 2. The number of carboxylic acid groups (broad SMARTS) is 1. The van der Waals surface area contributed by atoms with Gasteiger partial charge in [-0.15, -0.1) is 0 Å². The molecule has 1 amide bonds. The number of rotatable bonds is 10. The van der Waals surface area contributed by atoms with Crippen LogP contribution in [0.5, 0.6) is 0 Å². The molecule has 0 bridgehead atoms. The number of nitrogens with zero attached hydrogens (tertiary/aromatic N) is 1. The van der Waals surface area contributed by atoms with Crippen LogP contribution in [0, 0.1) is 0 Å². The third-order valence-electron chi connectivity index (χ3n) is 2.28. The molecule has 0 aliphatic rings. The van der Waals surface area contributed by atoms with Gasteiger partial charge in [-0.1, -0.05) is 6.92 Å². The number of sulfone groups is 1. The summed E-state index contributed by atoms with van der Waals surface area (Å²) in [4.78, 5) is 22.6. The van der Waals surface area contributed by atoms with Gasteiger partial charge < -0.3 is 10.8 Å². The van der Waals surface area contributed by atoms with Gasteiger partial charge in [0.2, 0.25) is 5.91 Å². The second-order valence-electron chi connectivity index (χ2n) is 4.04. The summed E-state index contributed by atoms with van der Waals surface area (Å²) in [7, 11) is -3.36. The summed E-state index contributed by atoms with van der Waals surface area (Å²) in [6.45, 7) is 2.38. The Balaban J connectivity index is 4.23. The molecule has 0 spiro atoms. The molecule has 0 saturated heterocycles. The Kier molecular flexibility index (Phi) is 7.53. The second kappa shape index (κ2) is 8.04. The molecule has 0 aliphatic carbocycles. The number of carboxylic acids is 1. The molecule has 0 aromatic heterocycles. The summed E-state index contributed by atoms with van der Waals surface area (Å²) in [5.41, 5.74) is 4.88. The Labute approximate surface area is 107 Å². The van der Waals surface area contributed by atoms with Crippen LogP contribution in [0.3, 0.4) is 0 Å². The van der Waals surface area contributed by atoms with Gasteiger partial charge in [0.1, 0.15) is 0 Å². The van der Waals surface area contributed by atoms with Gasteiger partial charge in [-0.05, 0) is 13.0 Å².